The number of hydrogen-bond donors (Lipinski definition) is 1. The van der Waals surface area contributed by atoms with Crippen molar-refractivity contribution in [2.75, 3.05) is 0 Å². The van der Waals surface area contributed by atoms with E-state index in [0.29, 0.717) is 23.8 Å². The van der Waals surface area contributed by atoms with Gasteiger partial charge in [0.05, 0.1) is 11.7 Å². The summed E-state index contributed by atoms with van der Waals surface area (Å²) in [6.07, 6.45) is 1.68. The summed E-state index contributed by atoms with van der Waals surface area (Å²) < 4.78 is 27.7. The lowest BCUT2D eigenvalue weighted by atomic mass is 9.43. The van der Waals surface area contributed by atoms with Gasteiger partial charge in [0.15, 0.2) is 5.75 Å². The van der Waals surface area contributed by atoms with Crippen LogP contribution in [-0.2, 0) is 20.5 Å². The highest BCUT2D eigenvalue weighted by atomic mass is 28.4. The first kappa shape index (κ1) is 32.3. The van der Waals surface area contributed by atoms with Gasteiger partial charge in [-0.1, -0.05) is 65.3 Å². The molecule has 8 nitrogen and oxygen atoms in total. The van der Waals surface area contributed by atoms with Gasteiger partial charge in [0.1, 0.15) is 27.6 Å². The Morgan fingerprint density at radius 3 is 2.22 bits per heavy atom. The van der Waals surface area contributed by atoms with Gasteiger partial charge in [-0.15, -0.1) is 0 Å². The standard InChI is InChI=1S/C30H50BNO7Si2/c1-28(2,3)37-27(35)36-25-19(14-13-15-21(25)26(33)34)16-24(32(40(7,8)9)41(10,11)12)31-38-23-18-20-17-22(29(20,4)5)30(23,6)39-31/h13-15,20,22-24H,16-18H2,1-12H3,(H,33,34)/t20-,22-,23+,24-,30-/m0/s1. The molecule has 1 N–H and O–H groups in total. The molecule has 1 saturated heterocycles. The quantitative estimate of drug-likeness (QED) is 0.196. The first-order valence-electron chi connectivity index (χ1n) is 14.9. The number of ether oxygens (including phenoxy) is 2. The van der Waals surface area contributed by atoms with Gasteiger partial charge in [0.25, 0.3) is 0 Å². The molecule has 0 amide bonds. The summed E-state index contributed by atoms with van der Waals surface area (Å²) in [5.41, 5.74) is -0.378. The number of carboxylic acid groups (broad SMARTS) is 1. The highest BCUT2D eigenvalue weighted by Crippen LogP contribution is 2.66. The molecule has 5 atom stereocenters. The van der Waals surface area contributed by atoms with E-state index in [1.165, 1.54) is 12.5 Å². The Morgan fingerprint density at radius 2 is 1.71 bits per heavy atom. The van der Waals surface area contributed by atoms with E-state index in [1.54, 1.807) is 26.8 Å². The Kier molecular flexibility index (Phi) is 8.26. The predicted molar refractivity (Wildman–Crippen MR) is 166 cm³/mol. The molecule has 228 valence electrons. The monoisotopic (exact) mass is 603 g/mol. The molecule has 0 aromatic heterocycles. The van der Waals surface area contributed by atoms with Gasteiger partial charge in [0, 0.05) is 5.94 Å². The number of carboxylic acids is 1. The Bertz CT molecular complexity index is 1170. The molecule has 4 aliphatic rings. The van der Waals surface area contributed by atoms with Crippen LogP contribution in [0, 0.1) is 17.3 Å². The maximum Gasteiger partial charge on any atom is 0.514 e. The zero-order valence-corrected chi connectivity index (χ0v) is 29.1. The van der Waals surface area contributed by atoms with Crippen LogP contribution in [0.5, 0.6) is 5.75 Å². The number of para-hydroxylation sites is 1. The van der Waals surface area contributed by atoms with Gasteiger partial charge < -0.3 is 28.1 Å². The van der Waals surface area contributed by atoms with E-state index in [4.69, 9.17) is 18.8 Å². The summed E-state index contributed by atoms with van der Waals surface area (Å²) in [6, 6.07) is 5.01. The van der Waals surface area contributed by atoms with E-state index in [1.807, 2.05) is 6.07 Å². The van der Waals surface area contributed by atoms with Gasteiger partial charge in [-0.2, -0.15) is 0 Å². The van der Waals surface area contributed by atoms with Gasteiger partial charge in [-0.3, -0.25) is 0 Å². The summed E-state index contributed by atoms with van der Waals surface area (Å²) in [7, 11) is -4.37. The smallest absolute Gasteiger partial charge is 0.478 e. The van der Waals surface area contributed by atoms with Crippen LogP contribution in [0.4, 0.5) is 4.79 Å². The molecule has 3 aliphatic carbocycles. The second-order valence-electron chi connectivity index (χ2n) is 16.0. The number of rotatable bonds is 8. The van der Waals surface area contributed by atoms with Crippen LogP contribution in [0.1, 0.15) is 70.3 Å². The minimum absolute atomic E-state index is 0.0235. The molecule has 0 unspecified atom stereocenters. The van der Waals surface area contributed by atoms with Crippen LogP contribution in [0.2, 0.25) is 39.3 Å². The molecule has 4 fully saturated rings. The highest BCUT2D eigenvalue weighted by Gasteiger charge is 2.69. The fraction of sp³-hybridized carbons (Fsp3) is 0.733. The van der Waals surface area contributed by atoms with Crippen molar-refractivity contribution < 1.29 is 33.5 Å². The third-order valence-electron chi connectivity index (χ3n) is 9.39. The lowest BCUT2D eigenvalue weighted by Crippen LogP contribution is -2.68. The number of benzene rings is 1. The molecule has 41 heavy (non-hydrogen) atoms. The van der Waals surface area contributed by atoms with E-state index in [9.17, 15) is 14.7 Å². The molecule has 2 bridgehead atoms. The van der Waals surface area contributed by atoms with E-state index >= 15 is 0 Å². The van der Waals surface area contributed by atoms with E-state index in [-0.39, 0.29) is 34.4 Å². The Labute approximate surface area is 248 Å². The van der Waals surface area contributed by atoms with Crippen LogP contribution < -0.4 is 4.74 Å². The molecular weight excluding hydrogens is 553 g/mol. The van der Waals surface area contributed by atoms with Crippen molar-refractivity contribution >= 4 is 35.7 Å². The van der Waals surface area contributed by atoms with Crippen molar-refractivity contribution in [3.05, 3.63) is 29.3 Å². The molecule has 1 aromatic carbocycles. The van der Waals surface area contributed by atoms with Crippen molar-refractivity contribution in [1.29, 1.82) is 0 Å². The average Bonchev–Trinajstić information content (AvgIpc) is 3.13. The third-order valence-corrected chi connectivity index (χ3v) is 17.0. The molecule has 1 aromatic rings. The number of hydrogen-bond acceptors (Lipinski definition) is 7. The molecule has 1 heterocycles. The molecule has 5 rings (SSSR count). The zero-order chi connectivity index (χ0) is 30.9. The summed E-state index contributed by atoms with van der Waals surface area (Å²) >= 11 is 0. The van der Waals surface area contributed by atoms with Crippen molar-refractivity contribution in [1.82, 2.24) is 4.23 Å². The molecule has 1 aliphatic heterocycles. The molecule has 11 heteroatoms. The van der Waals surface area contributed by atoms with Crippen molar-refractivity contribution in [2.24, 2.45) is 17.3 Å². The van der Waals surface area contributed by atoms with Crippen LogP contribution in [-0.4, -0.2) is 68.3 Å². The maximum atomic E-state index is 12.8. The Balaban J connectivity index is 1.77. The maximum absolute atomic E-state index is 12.8. The van der Waals surface area contributed by atoms with E-state index in [2.05, 4.69) is 64.3 Å². The summed E-state index contributed by atoms with van der Waals surface area (Å²) in [6.45, 7) is 26.2. The van der Waals surface area contributed by atoms with Crippen molar-refractivity contribution in [3.8, 4) is 5.75 Å². The largest absolute Gasteiger partial charge is 0.514 e. The van der Waals surface area contributed by atoms with Crippen LogP contribution >= 0.6 is 0 Å². The van der Waals surface area contributed by atoms with Crippen LogP contribution in [0.3, 0.4) is 0 Å². The van der Waals surface area contributed by atoms with Crippen molar-refractivity contribution in [3.63, 3.8) is 0 Å². The molecule has 0 spiro atoms. The number of carbonyl (C=O) groups excluding carboxylic acids is 1. The van der Waals surface area contributed by atoms with E-state index in [0.717, 1.165) is 6.42 Å². The number of nitrogens with zero attached hydrogens (tertiary/aromatic N) is 1. The van der Waals surface area contributed by atoms with Crippen LogP contribution in [0.15, 0.2) is 18.2 Å². The third kappa shape index (κ3) is 6.20. The normalized spacial score (nSPS) is 28.1. The lowest BCUT2D eigenvalue weighted by Gasteiger charge is -2.64. The minimum Gasteiger partial charge on any atom is -0.478 e. The summed E-state index contributed by atoms with van der Waals surface area (Å²) in [4.78, 5) is 25.1. The number of aromatic carboxylic acids is 1. The first-order chi connectivity index (χ1) is 18.6. The number of carbonyl (C=O) groups is 2. The lowest BCUT2D eigenvalue weighted by molar-refractivity contribution is -0.199. The fourth-order valence-corrected chi connectivity index (χ4v) is 18.5. The second kappa shape index (κ2) is 10.5. The minimum atomic E-state index is -1.94. The SMILES string of the molecule is CC(C)(C)OC(=O)Oc1c(C[C@@H](B2O[C@@H]3C[C@@H]4C[C@@H](C4(C)C)[C@]3(C)O2)N([Si](C)(C)C)[Si](C)(C)C)cccc1C(=O)O. The van der Waals surface area contributed by atoms with Gasteiger partial charge in [-0.05, 0) is 75.8 Å². The summed E-state index contributed by atoms with van der Waals surface area (Å²) in [5.74, 6) is -0.255. The topological polar surface area (TPSA) is 94.5 Å². The molecule has 0 radical (unpaired) electrons. The average molecular weight is 604 g/mol. The van der Waals surface area contributed by atoms with Crippen molar-refractivity contribution in [2.45, 2.75) is 123 Å². The van der Waals surface area contributed by atoms with Crippen LogP contribution in [0.25, 0.3) is 0 Å². The van der Waals surface area contributed by atoms with Gasteiger partial charge in [-0.25, -0.2) is 9.59 Å². The summed E-state index contributed by atoms with van der Waals surface area (Å²) in [5, 5.41) is 10.0. The fourth-order valence-electron chi connectivity index (χ4n) is 7.99. The molecule has 3 saturated carbocycles. The highest BCUT2D eigenvalue weighted by molar-refractivity contribution is 6.90. The Morgan fingerprint density at radius 1 is 1.10 bits per heavy atom. The molecular formula is C30H50BNO7Si2. The Hall–Kier alpha value is -1.66. The zero-order valence-electron chi connectivity index (χ0n) is 27.1. The second-order valence-corrected chi connectivity index (χ2v) is 26.1. The first-order valence-corrected chi connectivity index (χ1v) is 21.8. The van der Waals surface area contributed by atoms with Gasteiger partial charge >= 0.3 is 19.2 Å². The van der Waals surface area contributed by atoms with Gasteiger partial charge in [0.2, 0.25) is 0 Å². The predicted octanol–water partition coefficient (Wildman–Crippen LogP) is 6.85. The van der Waals surface area contributed by atoms with E-state index < -0.39 is 41.3 Å².